The first-order chi connectivity index (χ1) is 14.1. The number of nitrogens with one attached hydrogen (secondary N) is 1. The summed E-state index contributed by atoms with van der Waals surface area (Å²) in [5, 5.41) is 7.52. The number of amides is 1. The zero-order chi connectivity index (χ0) is 19.8. The summed E-state index contributed by atoms with van der Waals surface area (Å²) in [6, 6.07) is 10.6. The molecule has 3 heterocycles. The molecule has 0 radical (unpaired) electrons. The van der Waals surface area contributed by atoms with Crippen LogP contribution in [0.4, 0.5) is 0 Å². The van der Waals surface area contributed by atoms with Gasteiger partial charge in [0.2, 0.25) is 5.91 Å². The number of rotatable bonds is 5. The molecule has 6 nitrogen and oxygen atoms in total. The second-order valence-electron chi connectivity index (χ2n) is 9.45. The molecular formula is C23H31N5O. The number of hydrogen-bond donors (Lipinski definition) is 1. The van der Waals surface area contributed by atoms with Crippen LogP contribution in [-0.2, 0) is 11.3 Å². The molecule has 5 rings (SSSR count). The van der Waals surface area contributed by atoms with Gasteiger partial charge in [-0.3, -0.25) is 14.8 Å². The van der Waals surface area contributed by atoms with Crippen molar-refractivity contribution in [2.75, 3.05) is 26.2 Å². The summed E-state index contributed by atoms with van der Waals surface area (Å²) in [4.78, 5) is 22.1. The highest BCUT2D eigenvalue weighted by atomic mass is 16.2. The normalized spacial score (nSPS) is 24.3. The Morgan fingerprint density at radius 1 is 1.17 bits per heavy atom. The minimum absolute atomic E-state index is 0.0920. The van der Waals surface area contributed by atoms with Crippen LogP contribution in [0.2, 0.25) is 0 Å². The van der Waals surface area contributed by atoms with Gasteiger partial charge in [0, 0.05) is 50.5 Å². The third-order valence-electron chi connectivity index (χ3n) is 7.20. The summed E-state index contributed by atoms with van der Waals surface area (Å²) in [6.07, 6.45) is 5.79. The monoisotopic (exact) mass is 393 g/mol. The molecule has 1 atom stereocenters. The lowest BCUT2D eigenvalue weighted by molar-refractivity contribution is -0.144. The van der Waals surface area contributed by atoms with Crippen LogP contribution in [0.15, 0.2) is 30.3 Å². The SMILES string of the molecule is Cc1nc(C2CN(Cc3ccccc3)CC23CN(C(=O)CC2CCCC2)C3)n[nH]1. The number of nitrogens with zero attached hydrogens (tertiary/aromatic N) is 4. The molecule has 1 unspecified atom stereocenters. The summed E-state index contributed by atoms with van der Waals surface area (Å²) >= 11 is 0. The minimum Gasteiger partial charge on any atom is -0.341 e. The third-order valence-corrected chi connectivity index (χ3v) is 7.20. The van der Waals surface area contributed by atoms with Crippen LogP contribution in [0.5, 0.6) is 0 Å². The summed E-state index contributed by atoms with van der Waals surface area (Å²) in [5.74, 6) is 3.04. The number of hydrogen-bond acceptors (Lipinski definition) is 4. The average Bonchev–Trinajstić information content (AvgIpc) is 3.41. The highest BCUT2D eigenvalue weighted by Crippen LogP contribution is 2.49. The topological polar surface area (TPSA) is 65.1 Å². The number of aromatic amines is 1. The van der Waals surface area contributed by atoms with Gasteiger partial charge in [-0.15, -0.1) is 0 Å². The van der Waals surface area contributed by atoms with Crippen LogP contribution in [0.25, 0.3) is 0 Å². The second kappa shape index (κ2) is 7.56. The summed E-state index contributed by atoms with van der Waals surface area (Å²) in [7, 11) is 0. The van der Waals surface area contributed by atoms with E-state index in [0.29, 0.717) is 11.8 Å². The van der Waals surface area contributed by atoms with Gasteiger partial charge < -0.3 is 4.90 Å². The Morgan fingerprint density at radius 2 is 1.93 bits per heavy atom. The number of H-pyrrole nitrogens is 1. The highest BCUT2D eigenvalue weighted by molar-refractivity contribution is 5.77. The van der Waals surface area contributed by atoms with Crippen LogP contribution in [0, 0.1) is 18.3 Å². The van der Waals surface area contributed by atoms with Gasteiger partial charge in [0.15, 0.2) is 5.82 Å². The standard InChI is InChI=1S/C23H31N5O/c1-17-24-22(26-25-17)20-13-27(12-19-9-3-2-4-10-19)14-23(20)15-28(16-23)21(29)11-18-7-5-6-8-18/h2-4,9-10,18,20H,5-8,11-16H2,1H3,(H,24,25,26). The molecule has 1 amide bonds. The average molecular weight is 394 g/mol. The molecule has 3 aliphatic rings. The van der Waals surface area contributed by atoms with Crippen molar-refractivity contribution in [1.82, 2.24) is 25.0 Å². The smallest absolute Gasteiger partial charge is 0.222 e. The fourth-order valence-electron chi connectivity index (χ4n) is 5.71. The first kappa shape index (κ1) is 18.8. The number of carbonyl (C=O) groups is 1. The van der Waals surface area contributed by atoms with Crippen molar-refractivity contribution < 1.29 is 4.79 Å². The molecule has 6 heteroatoms. The van der Waals surface area contributed by atoms with E-state index in [1.165, 1.54) is 31.2 Å². The molecule has 0 bridgehead atoms. The Balaban J connectivity index is 1.29. The van der Waals surface area contributed by atoms with Gasteiger partial charge in [0.1, 0.15) is 5.82 Å². The molecular weight excluding hydrogens is 362 g/mol. The molecule has 1 saturated carbocycles. The van der Waals surface area contributed by atoms with Gasteiger partial charge in [-0.25, -0.2) is 4.98 Å². The Hall–Kier alpha value is -2.21. The van der Waals surface area contributed by atoms with E-state index in [9.17, 15) is 4.79 Å². The van der Waals surface area contributed by atoms with E-state index in [1.807, 2.05) is 6.92 Å². The van der Waals surface area contributed by atoms with E-state index in [-0.39, 0.29) is 11.3 Å². The molecule has 154 valence electrons. The lowest BCUT2D eigenvalue weighted by atomic mass is 9.71. The van der Waals surface area contributed by atoms with Crippen molar-refractivity contribution in [2.45, 2.75) is 51.5 Å². The van der Waals surface area contributed by atoms with E-state index in [2.05, 4.69) is 55.3 Å². The van der Waals surface area contributed by atoms with Crippen LogP contribution in [0.1, 0.15) is 55.2 Å². The second-order valence-corrected chi connectivity index (χ2v) is 9.45. The van der Waals surface area contributed by atoms with Crippen molar-refractivity contribution in [1.29, 1.82) is 0 Å². The lowest BCUT2D eigenvalue weighted by Gasteiger charge is -2.50. The van der Waals surface area contributed by atoms with Crippen LogP contribution >= 0.6 is 0 Å². The number of likely N-dealkylation sites (tertiary alicyclic amines) is 2. The summed E-state index contributed by atoms with van der Waals surface area (Å²) in [6.45, 7) is 6.56. The number of benzene rings is 1. The third kappa shape index (κ3) is 3.70. The summed E-state index contributed by atoms with van der Waals surface area (Å²) < 4.78 is 0. The quantitative estimate of drug-likeness (QED) is 0.848. The molecule has 1 N–H and O–H groups in total. The minimum atomic E-state index is 0.0920. The van der Waals surface area contributed by atoms with Crippen molar-refractivity contribution in [2.24, 2.45) is 11.3 Å². The van der Waals surface area contributed by atoms with Crippen LogP contribution in [0.3, 0.4) is 0 Å². The predicted octanol–water partition coefficient (Wildman–Crippen LogP) is 3.12. The van der Waals surface area contributed by atoms with E-state index in [0.717, 1.165) is 50.8 Å². The first-order valence-corrected chi connectivity index (χ1v) is 11.0. The molecule has 2 aliphatic heterocycles. The Kier molecular flexibility index (Phi) is 4.90. The maximum absolute atomic E-state index is 12.8. The molecule has 1 aromatic heterocycles. The van der Waals surface area contributed by atoms with Crippen molar-refractivity contribution in [3.63, 3.8) is 0 Å². The predicted molar refractivity (Wildman–Crippen MR) is 111 cm³/mol. The molecule has 1 aliphatic carbocycles. The Bertz CT molecular complexity index is 851. The lowest BCUT2D eigenvalue weighted by Crippen LogP contribution is -2.61. The fraction of sp³-hybridized carbons (Fsp3) is 0.609. The van der Waals surface area contributed by atoms with Gasteiger partial charge in [-0.05, 0) is 31.2 Å². The van der Waals surface area contributed by atoms with Gasteiger partial charge in [0.05, 0.1) is 0 Å². The van der Waals surface area contributed by atoms with E-state index in [1.54, 1.807) is 0 Å². The molecule has 1 aromatic carbocycles. The maximum Gasteiger partial charge on any atom is 0.222 e. The number of aromatic nitrogens is 3. The molecule has 2 saturated heterocycles. The highest BCUT2D eigenvalue weighted by Gasteiger charge is 2.56. The zero-order valence-electron chi connectivity index (χ0n) is 17.3. The van der Waals surface area contributed by atoms with E-state index < -0.39 is 0 Å². The summed E-state index contributed by atoms with van der Waals surface area (Å²) in [5.41, 5.74) is 1.43. The molecule has 2 aromatic rings. The zero-order valence-corrected chi connectivity index (χ0v) is 17.3. The van der Waals surface area contributed by atoms with Crippen LogP contribution < -0.4 is 0 Å². The van der Waals surface area contributed by atoms with Gasteiger partial charge in [-0.2, -0.15) is 5.10 Å². The molecule has 3 fully saturated rings. The van der Waals surface area contributed by atoms with Gasteiger partial charge in [-0.1, -0.05) is 43.2 Å². The van der Waals surface area contributed by atoms with E-state index >= 15 is 0 Å². The Morgan fingerprint density at radius 3 is 2.62 bits per heavy atom. The van der Waals surface area contributed by atoms with Crippen molar-refractivity contribution in [3.8, 4) is 0 Å². The molecule has 29 heavy (non-hydrogen) atoms. The Labute approximate surface area is 172 Å². The number of carbonyl (C=O) groups excluding carboxylic acids is 1. The van der Waals surface area contributed by atoms with Gasteiger partial charge in [0.25, 0.3) is 0 Å². The largest absolute Gasteiger partial charge is 0.341 e. The number of aryl methyl sites for hydroxylation is 1. The maximum atomic E-state index is 12.8. The van der Waals surface area contributed by atoms with Gasteiger partial charge >= 0.3 is 0 Å². The van der Waals surface area contributed by atoms with Crippen molar-refractivity contribution >= 4 is 5.91 Å². The first-order valence-electron chi connectivity index (χ1n) is 11.0. The van der Waals surface area contributed by atoms with Crippen molar-refractivity contribution in [3.05, 3.63) is 47.5 Å². The fourth-order valence-corrected chi connectivity index (χ4v) is 5.71. The van der Waals surface area contributed by atoms with Crippen LogP contribution in [-0.4, -0.2) is 57.1 Å². The molecule has 1 spiro atoms. The van der Waals surface area contributed by atoms with E-state index in [4.69, 9.17) is 0 Å².